The molecule has 0 saturated heterocycles. The van der Waals surface area contributed by atoms with Gasteiger partial charge in [0.25, 0.3) is 0 Å². The summed E-state index contributed by atoms with van der Waals surface area (Å²) in [6, 6.07) is 0. The molecule has 5 heteroatoms. The fourth-order valence-electron chi connectivity index (χ4n) is 2.20. The monoisotopic (exact) mass is 222 g/mol. The number of rotatable bonds is 3. The van der Waals surface area contributed by atoms with Gasteiger partial charge in [0.1, 0.15) is 9.84 Å². The quantitative estimate of drug-likeness (QED) is 0.693. The Morgan fingerprint density at radius 2 is 1.86 bits per heavy atom. The third-order valence-corrected chi connectivity index (χ3v) is 5.10. The van der Waals surface area contributed by atoms with Crippen molar-refractivity contribution in [2.75, 3.05) is 19.5 Å². The van der Waals surface area contributed by atoms with E-state index < -0.39 is 20.5 Å². The SMILES string of the molecule is CC1CC(S(C)(=O)=O)CC1(CO)CO. The van der Waals surface area contributed by atoms with Gasteiger partial charge >= 0.3 is 0 Å². The van der Waals surface area contributed by atoms with Crippen LogP contribution in [0.1, 0.15) is 19.8 Å². The zero-order chi connectivity index (χ0) is 11.0. The summed E-state index contributed by atoms with van der Waals surface area (Å²) < 4.78 is 22.7. The second kappa shape index (κ2) is 3.79. The molecule has 0 aromatic carbocycles. The standard InChI is InChI=1S/C9H18O4S/c1-7-3-8(14(2,12)13)4-9(7,5-10)6-11/h7-8,10-11H,3-6H2,1-2H3. The molecule has 0 amide bonds. The highest BCUT2D eigenvalue weighted by Crippen LogP contribution is 2.44. The van der Waals surface area contributed by atoms with Crippen LogP contribution in [0, 0.1) is 11.3 Å². The summed E-state index contributed by atoms with van der Waals surface area (Å²) in [5.74, 6) is 0.0530. The Labute approximate surface area is 84.9 Å². The van der Waals surface area contributed by atoms with E-state index in [1.165, 1.54) is 6.26 Å². The largest absolute Gasteiger partial charge is 0.396 e. The molecular formula is C9H18O4S. The normalized spacial score (nSPS) is 32.0. The van der Waals surface area contributed by atoms with E-state index >= 15 is 0 Å². The molecule has 2 N–H and O–H groups in total. The van der Waals surface area contributed by atoms with E-state index in [0.717, 1.165) is 0 Å². The molecule has 2 unspecified atom stereocenters. The van der Waals surface area contributed by atoms with E-state index in [-0.39, 0.29) is 19.1 Å². The lowest BCUT2D eigenvalue weighted by atomic mass is 9.80. The molecule has 0 aromatic heterocycles. The van der Waals surface area contributed by atoms with Crippen LogP contribution in [-0.2, 0) is 9.84 Å². The predicted octanol–water partition coefficient (Wildman–Crippen LogP) is -0.199. The van der Waals surface area contributed by atoms with Crippen molar-refractivity contribution >= 4 is 9.84 Å². The highest BCUT2D eigenvalue weighted by Gasteiger charge is 2.47. The zero-order valence-electron chi connectivity index (χ0n) is 8.60. The van der Waals surface area contributed by atoms with E-state index in [9.17, 15) is 18.6 Å². The maximum Gasteiger partial charge on any atom is 0.150 e. The van der Waals surface area contributed by atoms with Crippen molar-refractivity contribution in [3.8, 4) is 0 Å². The average Bonchev–Trinajstić information content (AvgIpc) is 2.43. The van der Waals surface area contributed by atoms with Crippen LogP contribution in [0.15, 0.2) is 0 Å². The maximum absolute atomic E-state index is 11.3. The highest BCUT2D eigenvalue weighted by molar-refractivity contribution is 7.91. The Balaban J connectivity index is 2.88. The minimum Gasteiger partial charge on any atom is -0.396 e. The number of hydrogen-bond donors (Lipinski definition) is 2. The molecule has 0 bridgehead atoms. The summed E-state index contributed by atoms with van der Waals surface area (Å²) in [5, 5.41) is 18.0. The molecule has 1 saturated carbocycles. The van der Waals surface area contributed by atoms with E-state index in [2.05, 4.69) is 0 Å². The molecule has 1 fully saturated rings. The van der Waals surface area contributed by atoms with Crippen molar-refractivity contribution in [1.29, 1.82) is 0 Å². The second-order valence-electron chi connectivity index (χ2n) is 4.47. The molecule has 4 nitrogen and oxygen atoms in total. The summed E-state index contributed by atoms with van der Waals surface area (Å²) in [4.78, 5) is 0. The smallest absolute Gasteiger partial charge is 0.150 e. The lowest BCUT2D eigenvalue weighted by Gasteiger charge is -2.28. The molecule has 84 valence electrons. The van der Waals surface area contributed by atoms with Gasteiger partial charge in [-0.2, -0.15) is 0 Å². The third-order valence-electron chi connectivity index (χ3n) is 3.53. The van der Waals surface area contributed by atoms with Gasteiger partial charge in [-0.25, -0.2) is 8.42 Å². The average molecular weight is 222 g/mol. The molecule has 1 aliphatic rings. The predicted molar refractivity (Wildman–Crippen MR) is 53.6 cm³/mol. The second-order valence-corrected chi connectivity index (χ2v) is 6.80. The van der Waals surface area contributed by atoms with Crippen LogP contribution in [0.3, 0.4) is 0 Å². The number of sulfone groups is 1. The number of aliphatic hydroxyl groups excluding tert-OH is 2. The van der Waals surface area contributed by atoms with Crippen LogP contribution in [0.25, 0.3) is 0 Å². The molecular weight excluding hydrogens is 204 g/mol. The van der Waals surface area contributed by atoms with E-state index in [0.29, 0.717) is 12.8 Å². The van der Waals surface area contributed by atoms with Crippen LogP contribution in [0.4, 0.5) is 0 Å². The summed E-state index contributed by atoms with van der Waals surface area (Å²) in [5.41, 5.74) is -0.603. The van der Waals surface area contributed by atoms with Gasteiger partial charge in [-0.15, -0.1) is 0 Å². The molecule has 0 radical (unpaired) electrons. The van der Waals surface area contributed by atoms with Crippen LogP contribution in [0.2, 0.25) is 0 Å². The van der Waals surface area contributed by atoms with Gasteiger partial charge in [0.05, 0.1) is 18.5 Å². The van der Waals surface area contributed by atoms with E-state index in [1.807, 2.05) is 6.92 Å². The summed E-state index contributed by atoms with van der Waals surface area (Å²) >= 11 is 0. The minimum atomic E-state index is -3.05. The summed E-state index contributed by atoms with van der Waals surface area (Å²) in [6.45, 7) is 1.60. The Morgan fingerprint density at radius 1 is 1.36 bits per heavy atom. The van der Waals surface area contributed by atoms with Gasteiger partial charge in [-0.1, -0.05) is 6.92 Å². The van der Waals surface area contributed by atoms with E-state index in [4.69, 9.17) is 0 Å². The lowest BCUT2D eigenvalue weighted by Crippen LogP contribution is -2.33. The number of aliphatic hydroxyl groups is 2. The molecule has 14 heavy (non-hydrogen) atoms. The van der Waals surface area contributed by atoms with Gasteiger partial charge in [0.2, 0.25) is 0 Å². The van der Waals surface area contributed by atoms with Crippen molar-refractivity contribution in [3.63, 3.8) is 0 Å². The number of hydrogen-bond acceptors (Lipinski definition) is 4. The molecule has 0 spiro atoms. The van der Waals surface area contributed by atoms with Gasteiger partial charge in [-0.3, -0.25) is 0 Å². The van der Waals surface area contributed by atoms with Crippen molar-refractivity contribution in [3.05, 3.63) is 0 Å². The maximum atomic E-state index is 11.3. The summed E-state index contributed by atoms with van der Waals surface area (Å²) in [6.07, 6.45) is 2.13. The Morgan fingerprint density at radius 3 is 2.07 bits per heavy atom. The molecule has 0 aliphatic heterocycles. The van der Waals surface area contributed by atoms with Crippen molar-refractivity contribution in [2.45, 2.75) is 25.0 Å². The van der Waals surface area contributed by atoms with Gasteiger partial charge < -0.3 is 10.2 Å². The van der Waals surface area contributed by atoms with Crippen LogP contribution >= 0.6 is 0 Å². The first-order valence-corrected chi connectivity index (χ1v) is 6.72. The minimum absolute atomic E-state index is 0.0530. The highest BCUT2D eigenvalue weighted by atomic mass is 32.2. The van der Waals surface area contributed by atoms with Gasteiger partial charge in [-0.05, 0) is 18.8 Å². The first-order valence-electron chi connectivity index (χ1n) is 4.76. The first-order chi connectivity index (χ1) is 6.35. The fraction of sp³-hybridized carbons (Fsp3) is 1.00. The van der Waals surface area contributed by atoms with Crippen molar-refractivity contribution in [1.82, 2.24) is 0 Å². The molecule has 1 rings (SSSR count). The third kappa shape index (κ3) is 1.94. The van der Waals surface area contributed by atoms with E-state index in [1.54, 1.807) is 0 Å². The topological polar surface area (TPSA) is 74.6 Å². The molecule has 0 aromatic rings. The molecule has 0 heterocycles. The van der Waals surface area contributed by atoms with Gasteiger partial charge in [0.15, 0.2) is 0 Å². The lowest BCUT2D eigenvalue weighted by molar-refractivity contribution is 0.0287. The van der Waals surface area contributed by atoms with Crippen molar-refractivity contribution < 1.29 is 18.6 Å². The zero-order valence-corrected chi connectivity index (χ0v) is 9.42. The molecule has 2 atom stereocenters. The summed E-state index contributed by atoms with van der Waals surface area (Å²) in [7, 11) is -3.05. The molecule has 1 aliphatic carbocycles. The van der Waals surface area contributed by atoms with Crippen molar-refractivity contribution in [2.24, 2.45) is 11.3 Å². The Bertz CT molecular complexity index is 292. The Hall–Kier alpha value is -0.130. The first kappa shape index (κ1) is 11.9. The van der Waals surface area contributed by atoms with Crippen LogP contribution in [0.5, 0.6) is 0 Å². The van der Waals surface area contributed by atoms with Gasteiger partial charge in [0, 0.05) is 11.7 Å². The van der Waals surface area contributed by atoms with Crippen LogP contribution < -0.4 is 0 Å². The Kier molecular flexibility index (Phi) is 3.23. The fourth-order valence-corrected chi connectivity index (χ4v) is 3.47. The van der Waals surface area contributed by atoms with Crippen LogP contribution in [-0.4, -0.2) is 43.4 Å².